The summed E-state index contributed by atoms with van der Waals surface area (Å²) >= 11 is 0. The van der Waals surface area contributed by atoms with E-state index >= 15 is 0 Å². The van der Waals surface area contributed by atoms with Gasteiger partial charge in [0.15, 0.2) is 11.4 Å². The van der Waals surface area contributed by atoms with Crippen molar-refractivity contribution >= 4 is 19.2 Å². The molecule has 0 spiro atoms. The van der Waals surface area contributed by atoms with Crippen LogP contribution in [0.5, 0.6) is 0 Å². The number of anilines is 1. The number of halogens is 1. The van der Waals surface area contributed by atoms with Crippen LogP contribution in [0.3, 0.4) is 0 Å². The molecular weight excluding hydrogens is 738 g/mol. The molecule has 0 aliphatic carbocycles. The molecule has 1 unspecified atom stereocenters. The molecule has 4 N–H and O–H groups in total. The summed E-state index contributed by atoms with van der Waals surface area (Å²) in [6.45, 7) is 1.25. The normalized spacial score (nSPS) is 19.8. The molecule has 0 bridgehead atoms. The topological polar surface area (TPSA) is 198 Å². The van der Waals surface area contributed by atoms with E-state index in [1.165, 1.54) is 106 Å². The second-order valence-electron chi connectivity index (χ2n) is 15.0. The van der Waals surface area contributed by atoms with Gasteiger partial charge >= 0.3 is 7.82 Å². The molecule has 4 rings (SSSR count). The number of unbranched alkanes of at least 4 members (excludes halogenated alkanes) is 16. The van der Waals surface area contributed by atoms with Crippen LogP contribution in [0.4, 0.5) is 10.2 Å². The molecular formula is C41H60FN6O7P. The Balaban J connectivity index is 1.20. The molecule has 5 atom stereocenters. The zero-order valence-electron chi connectivity index (χ0n) is 32.8. The van der Waals surface area contributed by atoms with E-state index in [4.69, 9.17) is 24.3 Å². The van der Waals surface area contributed by atoms with Crippen LogP contribution in [0.1, 0.15) is 152 Å². The van der Waals surface area contributed by atoms with Crippen LogP contribution >= 0.6 is 7.82 Å². The van der Waals surface area contributed by atoms with Gasteiger partial charge in [-0.15, -0.1) is 0 Å². The van der Waals surface area contributed by atoms with Gasteiger partial charge in [0.05, 0.1) is 42.7 Å². The summed E-state index contributed by atoms with van der Waals surface area (Å²) in [6, 6.07) is 11.2. The number of aromatic nitrogens is 3. The van der Waals surface area contributed by atoms with Gasteiger partial charge in [-0.25, -0.2) is 18.5 Å². The maximum absolute atomic E-state index is 14.1. The summed E-state index contributed by atoms with van der Waals surface area (Å²) in [5.41, 5.74) is 5.69. The van der Waals surface area contributed by atoms with Gasteiger partial charge in [0.1, 0.15) is 36.4 Å². The first kappa shape index (κ1) is 45.2. The molecule has 1 fully saturated rings. The lowest BCUT2D eigenvalue weighted by atomic mass is 10.0. The molecule has 1 aliphatic heterocycles. The number of nitrogens with zero attached hydrogens (tertiary/aromatic N) is 5. The zero-order chi connectivity index (χ0) is 40.2. The Bertz CT molecular complexity index is 1770. The number of nitriles is 2. The summed E-state index contributed by atoms with van der Waals surface area (Å²) in [5.74, 6) is -0.338. The Labute approximate surface area is 330 Å². The molecule has 15 heteroatoms. The Morgan fingerprint density at radius 2 is 1.61 bits per heavy atom. The van der Waals surface area contributed by atoms with E-state index in [1.54, 1.807) is 12.1 Å². The maximum atomic E-state index is 14.1. The fourth-order valence-corrected chi connectivity index (χ4v) is 7.98. The molecule has 308 valence electrons. The fourth-order valence-electron chi connectivity index (χ4n) is 7.18. The monoisotopic (exact) mass is 798 g/mol. The highest BCUT2D eigenvalue weighted by Crippen LogP contribution is 2.47. The van der Waals surface area contributed by atoms with Crippen molar-refractivity contribution in [2.24, 2.45) is 0 Å². The van der Waals surface area contributed by atoms with Crippen molar-refractivity contribution in [2.75, 3.05) is 18.9 Å². The number of hydrogen-bond donors (Lipinski definition) is 3. The average Bonchev–Trinajstić information content (AvgIpc) is 3.77. The predicted octanol–water partition coefficient (Wildman–Crippen LogP) is 9.17. The van der Waals surface area contributed by atoms with Crippen molar-refractivity contribution in [3.05, 3.63) is 59.3 Å². The Morgan fingerprint density at radius 1 is 0.982 bits per heavy atom. The fraction of sp³-hybridized carbons (Fsp3) is 0.659. The van der Waals surface area contributed by atoms with Gasteiger partial charge in [0.2, 0.25) is 0 Å². The minimum Gasteiger partial charge on any atom is -0.390 e. The number of phosphoric acid groups is 1. The summed E-state index contributed by atoms with van der Waals surface area (Å²) in [7, 11) is -4.73. The number of aliphatic hydroxyl groups is 1. The summed E-state index contributed by atoms with van der Waals surface area (Å²) in [4.78, 5) is 14.6. The second-order valence-corrected chi connectivity index (χ2v) is 16.4. The van der Waals surface area contributed by atoms with Crippen molar-refractivity contribution in [2.45, 2.75) is 159 Å². The minimum atomic E-state index is -4.73. The van der Waals surface area contributed by atoms with Crippen molar-refractivity contribution in [1.29, 1.82) is 10.5 Å². The lowest BCUT2D eigenvalue weighted by molar-refractivity contribution is -0.0542. The van der Waals surface area contributed by atoms with E-state index < -0.39 is 44.2 Å². The standard InChI is InChI=1S/C41H60FN6O7P/c1-2-3-4-5-6-7-8-9-10-11-12-13-14-15-16-17-18-19-35(52-27-33-22-32(26-43)23-34(42)24-33)28-53-56(50,51)54-30-41(29-44)25-38(49)39(55-41)36-20-21-37-40(45)46-31-47-48(36)37/h20-24,31,35,38-39,49H,2-19,25,27-28,30H2,1H3,(H,50,51)(H2,45,46,47)/t35-,38+,39-,41+/m0/s1. The van der Waals surface area contributed by atoms with Crippen LogP contribution in [-0.2, 0) is 29.7 Å². The van der Waals surface area contributed by atoms with Gasteiger partial charge in [-0.3, -0.25) is 9.05 Å². The molecule has 0 amide bonds. The van der Waals surface area contributed by atoms with E-state index in [2.05, 4.69) is 17.0 Å². The van der Waals surface area contributed by atoms with Gasteiger partial charge in [0, 0.05) is 6.42 Å². The first-order valence-electron chi connectivity index (χ1n) is 20.4. The Kier molecular flexibility index (Phi) is 19.1. The number of phosphoric ester groups is 1. The van der Waals surface area contributed by atoms with Crippen molar-refractivity contribution in [3.63, 3.8) is 0 Å². The summed E-state index contributed by atoms with van der Waals surface area (Å²) < 4.78 is 51.2. The zero-order valence-corrected chi connectivity index (χ0v) is 33.7. The van der Waals surface area contributed by atoms with Crippen molar-refractivity contribution in [1.82, 2.24) is 14.6 Å². The third kappa shape index (κ3) is 14.8. The second kappa shape index (κ2) is 23.7. The largest absolute Gasteiger partial charge is 0.472 e. The van der Waals surface area contributed by atoms with Crippen LogP contribution in [0.2, 0.25) is 0 Å². The van der Waals surface area contributed by atoms with Crippen molar-refractivity contribution in [3.8, 4) is 12.1 Å². The molecule has 2 aromatic heterocycles. The van der Waals surface area contributed by atoms with E-state index in [1.807, 2.05) is 12.1 Å². The SMILES string of the molecule is CCCCCCCCCCCCCCCCCCC[C@@H](COP(=O)(O)OC[C@]1(C#N)C[C@@H](O)[C@H](c2ccc3c(N)ncnn23)O1)OCc1cc(F)cc(C#N)c1. The number of nitrogen functional groups attached to an aromatic ring is 1. The van der Waals surface area contributed by atoms with Crippen LogP contribution in [0, 0.1) is 28.5 Å². The third-order valence-corrected chi connectivity index (χ3v) is 11.3. The number of ether oxygens (including phenoxy) is 2. The van der Waals surface area contributed by atoms with Gasteiger partial charge in [-0.05, 0) is 42.3 Å². The first-order valence-corrected chi connectivity index (χ1v) is 21.9. The number of benzene rings is 1. The molecule has 13 nitrogen and oxygen atoms in total. The van der Waals surface area contributed by atoms with Crippen molar-refractivity contribution < 1.29 is 37.5 Å². The van der Waals surface area contributed by atoms with Crippen LogP contribution < -0.4 is 5.73 Å². The first-order chi connectivity index (χ1) is 27.1. The van der Waals surface area contributed by atoms with Gasteiger partial charge in [-0.1, -0.05) is 116 Å². The molecule has 1 aliphatic rings. The highest BCUT2D eigenvalue weighted by molar-refractivity contribution is 7.47. The van der Waals surface area contributed by atoms with Gasteiger partial charge < -0.3 is 25.2 Å². The number of aliphatic hydroxyl groups excluding tert-OH is 1. The van der Waals surface area contributed by atoms with E-state index in [9.17, 15) is 29.5 Å². The molecule has 0 saturated carbocycles. The lowest BCUT2D eigenvalue weighted by Crippen LogP contribution is -2.32. The quantitative estimate of drug-likeness (QED) is 0.0466. The molecule has 1 aromatic carbocycles. The number of fused-ring (bicyclic) bond motifs is 1. The lowest BCUT2D eigenvalue weighted by Gasteiger charge is -2.24. The van der Waals surface area contributed by atoms with E-state index in [0.29, 0.717) is 23.2 Å². The highest BCUT2D eigenvalue weighted by atomic mass is 31.2. The van der Waals surface area contributed by atoms with E-state index in [0.717, 1.165) is 31.7 Å². The van der Waals surface area contributed by atoms with Gasteiger partial charge in [-0.2, -0.15) is 15.6 Å². The molecule has 1 saturated heterocycles. The number of rotatable bonds is 28. The van der Waals surface area contributed by atoms with Gasteiger partial charge in [0.25, 0.3) is 0 Å². The van der Waals surface area contributed by atoms with Crippen LogP contribution in [0.15, 0.2) is 36.7 Å². The highest BCUT2D eigenvalue weighted by Gasteiger charge is 2.49. The average molecular weight is 799 g/mol. The predicted molar refractivity (Wildman–Crippen MR) is 210 cm³/mol. The smallest absolute Gasteiger partial charge is 0.390 e. The maximum Gasteiger partial charge on any atom is 0.472 e. The molecule has 56 heavy (non-hydrogen) atoms. The summed E-state index contributed by atoms with van der Waals surface area (Å²) in [6.07, 6.45) is 19.9. The molecule has 3 heterocycles. The number of nitrogens with two attached hydrogens (primary N) is 1. The molecule has 3 aromatic rings. The molecule has 0 radical (unpaired) electrons. The Hall–Kier alpha value is -3.46. The third-order valence-electron chi connectivity index (χ3n) is 10.3. The number of hydrogen-bond acceptors (Lipinski definition) is 11. The Morgan fingerprint density at radius 3 is 2.21 bits per heavy atom. The van der Waals surface area contributed by atoms with E-state index in [-0.39, 0.29) is 31.0 Å². The summed E-state index contributed by atoms with van der Waals surface area (Å²) in [5, 5.41) is 34.3. The van der Waals surface area contributed by atoms with Crippen LogP contribution in [-0.4, -0.2) is 55.6 Å². The van der Waals surface area contributed by atoms with Crippen LogP contribution in [0.25, 0.3) is 5.52 Å². The minimum absolute atomic E-state index is 0.0360.